The molecule has 5 aromatic heterocycles. The molecule has 0 saturated heterocycles. The summed E-state index contributed by atoms with van der Waals surface area (Å²) in [5, 5.41) is 6.97. The third kappa shape index (κ3) is 3.71. The highest BCUT2D eigenvalue weighted by Gasteiger charge is 2.22. The summed E-state index contributed by atoms with van der Waals surface area (Å²) in [5.41, 5.74) is 8.71. The molecule has 0 aliphatic carbocycles. The van der Waals surface area contributed by atoms with Crippen molar-refractivity contribution in [2.45, 2.75) is 0 Å². The van der Waals surface area contributed by atoms with Crippen LogP contribution in [0.5, 0.6) is 0 Å². The molecule has 7 nitrogen and oxygen atoms in total. The van der Waals surface area contributed by atoms with E-state index < -0.39 is 0 Å². The van der Waals surface area contributed by atoms with Gasteiger partial charge < -0.3 is 9.13 Å². The number of hydrogen-bond acceptors (Lipinski definition) is 3. The van der Waals surface area contributed by atoms with Crippen LogP contribution in [-0.2, 0) is 0 Å². The van der Waals surface area contributed by atoms with Gasteiger partial charge in [0.2, 0.25) is 11.9 Å². The van der Waals surface area contributed by atoms with E-state index in [1.807, 2.05) is 0 Å². The molecule has 0 aliphatic rings. The Hall–Kier alpha value is -6.99. The Labute approximate surface area is 285 Å². The number of benzene rings is 6. The number of nitrogens with zero attached hydrogens (tertiary/aromatic N) is 7. The van der Waals surface area contributed by atoms with Gasteiger partial charge in [-0.25, -0.2) is 9.97 Å². The van der Waals surface area contributed by atoms with Crippen LogP contribution in [0.15, 0.2) is 164 Å². The van der Waals surface area contributed by atoms with Crippen molar-refractivity contribution in [3.63, 3.8) is 0 Å². The molecule has 50 heavy (non-hydrogen) atoms. The van der Waals surface area contributed by atoms with Gasteiger partial charge in [-0.3, -0.25) is 9.13 Å². The lowest BCUT2D eigenvalue weighted by atomic mass is 10.1. The standard InChI is InChI=1S/C43H27N7/c1-3-11-30(12-4-1)47-25-23-28-19-21-36-38(40(28)47)32-15-7-9-17-34(32)49(36)42-44-27-45-43(46-42)50-35-18-10-8-16-33(35)39-37(50)22-20-29-24-26-48(41(29)39)31-13-5-2-6-14-31/h1-27H. The Morgan fingerprint density at radius 3 is 1.30 bits per heavy atom. The summed E-state index contributed by atoms with van der Waals surface area (Å²) in [6.07, 6.45) is 5.94. The van der Waals surface area contributed by atoms with Crippen molar-refractivity contribution >= 4 is 65.4 Å². The quantitative estimate of drug-likeness (QED) is 0.192. The summed E-state index contributed by atoms with van der Waals surface area (Å²) in [5.74, 6) is 1.14. The Morgan fingerprint density at radius 1 is 0.380 bits per heavy atom. The lowest BCUT2D eigenvalue weighted by molar-refractivity contribution is 0.886. The third-order valence-electron chi connectivity index (χ3n) is 9.99. The van der Waals surface area contributed by atoms with Crippen molar-refractivity contribution in [3.05, 3.63) is 164 Å². The molecule has 0 radical (unpaired) electrons. The topological polar surface area (TPSA) is 58.4 Å². The van der Waals surface area contributed by atoms with Crippen molar-refractivity contribution in [2.75, 3.05) is 0 Å². The van der Waals surface area contributed by atoms with Crippen LogP contribution < -0.4 is 0 Å². The van der Waals surface area contributed by atoms with Crippen molar-refractivity contribution in [3.8, 4) is 23.3 Å². The first-order chi connectivity index (χ1) is 24.8. The molecule has 11 aromatic rings. The highest BCUT2D eigenvalue weighted by atomic mass is 15.3. The molecule has 0 saturated carbocycles. The van der Waals surface area contributed by atoms with Crippen molar-refractivity contribution in [2.24, 2.45) is 0 Å². The van der Waals surface area contributed by atoms with Gasteiger partial charge in [0, 0.05) is 56.1 Å². The molecule has 6 aromatic carbocycles. The Balaban J connectivity index is 1.19. The first-order valence-corrected chi connectivity index (χ1v) is 16.7. The van der Waals surface area contributed by atoms with Crippen LogP contribution in [0.3, 0.4) is 0 Å². The maximum atomic E-state index is 5.24. The van der Waals surface area contributed by atoms with E-state index in [-0.39, 0.29) is 0 Å². The summed E-state index contributed by atoms with van der Waals surface area (Å²) in [6, 6.07) is 51.1. The van der Waals surface area contributed by atoms with E-state index >= 15 is 0 Å². The summed E-state index contributed by atoms with van der Waals surface area (Å²) < 4.78 is 8.89. The van der Waals surface area contributed by atoms with E-state index in [9.17, 15) is 0 Å². The minimum Gasteiger partial charge on any atom is -0.316 e. The van der Waals surface area contributed by atoms with Crippen LogP contribution in [0, 0.1) is 0 Å². The second-order valence-electron chi connectivity index (χ2n) is 12.6. The molecule has 11 rings (SSSR count). The Bertz CT molecular complexity index is 2880. The van der Waals surface area contributed by atoms with Crippen LogP contribution >= 0.6 is 0 Å². The van der Waals surface area contributed by atoms with Gasteiger partial charge in [0.15, 0.2) is 0 Å². The molecule has 7 heteroatoms. The molecule has 0 bridgehead atoms. The molecule has 0 amide bonds. The fourth-order valence-electron chi connectivity index (χ4n) is 7.90. The molecule has 0 N–H and O–H groups in total. The van der Waals surface area contributed by atoms with Gasteiger partial charge in [-0.15, -0.1) is 0 Å². The minimum atomic E-state index is 0.568. The van der Waals surface area contributed by atoms with E-state index in [2.05, 4.69) is 176 Å². The fourth-order valence-corrected chi connectivity index (χ4v) is 7.90. The second-order valence-corrected chi connectivity index (χ2v) is 12.6. The number of aromatic nitrogens is 7. The van der Waals surface area contributed by atoms with E-state index in [0.29, 0.717) is 11.9 Å². The van der Waals surface area contributed by atoms with Crippen LogP contribution in [0.2, 0.25) is 0 Å². The summed E-state index contributed by atoms with van der Waals surface area (Å²) in [6.45, 7) is 0. The number of para-hydroxylation sites is 4. The molecule has 0 atom stereocenters. The predicted octanol–water partition coefficient (Wildman–Crippen LogP) is 9.95. The molecular weight excluding hydrogens is 615 g/mol. The van der Waals surface area contributed by atoms with Crippen molar-refractivity contribution in [1.82, 2.24) is 33.2 Å². The Morgan fingerprint density at radius 2 is 0.820 bits per heavy atom. The highest BCUT2D eigenvalue weighted by molar-refractivity contribution is 6.22. The molecular formula is C43H27N7. The van der Waals surface area contributed by atoms with E-state index in [1.54, 1.807) is 6.33 Å². The third-order valence-corrected chi connectivity index (χ3v) is 9.99. The average molecular weight is 642 g/mol. The maximum Gasteiger partial charge on any atom is 0.239 e. The molecule has 234 valence electrons. The Kier molecular flexibility index (Phi) is 5.54. The normalized spacial score (nSPS) is 12.0. The largest absolute Gasteiger partial charge is 0.316 e. The highest BCUT2D eigenvalue weighted by Crippen LogP contribution is 2.39. The lowest BCUT2D eigenvalue weighted by Gasteiger charge is -2.10. The van der Waals surface area contributed by atoms with Crippen molar-refractivity contribution in [1.29, 1.82) is 0 Å². The first-order valence-electron chi connectivity index (χ1n) is 16.7. The van der Waals surface area contributed by atoms with Gasteiger partial charge in [-0.1, -0.05) is 84.9 Å². The molecule has 0 spiro atoms. The van der Waals surface area contributed by atoms with E-state index in [4.69, 9.17) is 15.0 Å². The summed E-state index contributed by atoms with van der Waals surface area (Å²) >= 11 is 0. The van der Waals surface area contributed by atoms with Gasteiger partial charge >= 0.3 is 0 Å². The van der Waals surface area contributed by atoms with Gasteiger partial charge in [-0.2, -0.15) is 4.98 Å². The van der Waals surface area contributed by atoms with Gasteiger partial charge in [0.1, 0.15) is 6.33 Å². The predicted molar refractivity (Wildman–Crippen MR) is 202 cm³/mol. The first kappa shape index (κ1) is 27.0. The van der Waals surface area contributed by atoms with E-state index in [1.165, 1.54) is 10.8 Å². The molecule has 0 aliphatic heterocycles. The zero-order valence-corrected chi connectivity index (χ0v) is 26.7. The second kappa shape index (κ2) is 10.3. The van der Waals surface area contributed by atoms with Crippen LogP contribution in [0.25, 0.3) is 88.7 Å². The SMILES string of the molecule is c1ccc(-n2ccc3ccc4c(c5ccccc5n4-c4ncnc(-n5c6ccccc6c6c7c(ccc65)ccn7-c5ccccc5)n4)c32)cc1. The number of fused-ring (bicyclic) bond motifs is 10. The number of rotatable bonds is 4. The summed E-state index contributed by atoms with van der Waals surface area (Å²) in [4.78, 5) is 14.9. The van der Waals surface area contributed by atoms with Crippen LogP contribution in [0.1, 0.15) is 0 Å². The maximum absolute atomic E-state index is 5.24. The number of hydrogen-bond donors (Lipinski definition) is 0. The fraction of sp³-hybridized carbons (Fsp3) is 0. The van der Waals surface area contributed by atoms with Gasteiger partial charge in [0.25, 0.3) is 0 Å². The molecule has 0 unspecified atom stereocenters. The molecule has 0 fully saturated rings. The van der Waals surface area contributed by atoms with Crippen LogP contribution in [-0.4, -0.2) is 33.2 Å². The summed E-state index contributed by atoms with van der Waals surface area (Å²) in [7, 11) is 0. The average Bonchev–Trinajstić information content (AvgIpc) is 3.96. The van der Waals surface area contributed by atoms with Crippen LogP contribution in [0.4, 0.5) is 0 Å². The van der Waals surface area contributed by atoms with Crippen molar-refractivity contribution < 1.29 is 0 Å². The van der Waals surface area contributed by atoms with Gasteiger partial charge in [-0.05, 0) is 60.7 Å². The zero-order chi connectivity index (χ0) is 32.8. The monoisotopic (exact) mass is 641 g/mol. The zero-order valence-electron chi connectivity index (χ0n) is 26.7. The van der Waals surface area contributed by atoms with Gasteiger partial charge in [0.05, 0.1) is 33.1 Å². The lowest BCUT2D eigenvalue weighted by Crippen LogP contribution is -2.07. The smallest absolute Gasteiger partial charge is 0.239 e. The molecule has 5 heterocycles. The minimum absolute atomic E-state index is 0.568. The van der Waals surface area contributed by atoms with E-state index in [0.717, 1.165) is 66.0 Å².